The molecule has 79 heavy (non-hydrogen) atoms. The zero-order chi connectivity index (χ0) is 57.6. The number of nitrogens with zero attached hydrogens (tertiary/aromatic N) is 8. The van der Waals surface area contributed by atoms with Gasteiger partial charge in [0.15, 0.2) is 5.69 Å². The first-order valence-electron chi connectivity index (χ1n) is 28.1. The Kier molecular flexibility index (Phi) is 22.7. The van der Waals surface area contributed by atoms with Crippen LogP contribution in [0.15, 0.2) is 42.5 Å². The number of unbranched alkanes of at least 4 members (excludes halogenated alkanes) is 1. The van der Waals surface area contributed by atoms with E-state index in [9.17, 15) is 49.2 Å². The topological polar surface area (TPSA) is 251 Å². The fourth-order valence-electron chi connectivity index (χ4n) is 12.3. The molecule has 5 unspecified atom stereocenters. The number of hydrogen-bond acceptors (Lipinski definition) is 14. The van der Waals surface area contributed by atoms with E-state index in [1.54, 1.807) is 51.6 Å². The van der Waals surface area contributed by atoms with Crippen molar-refractivity contribution < 1.29 is 58.7 Å². The van der Waals surface area contributed by atoms with Crippen LogP contribution in [0, 0.1) is 23.7 Å². The van der Waals surface area contributed by atoms with Crippen LogP contribution >= 0.6 is 0 Å². The highest BCUT2D eigenvalue weighted by Crippen LogP contribution is 2.50. The molecule has 5 N–H and O–H groups in total. The van der Waals surface area contributed by atoms with E-state index >= 15 is 0 Å². The standard InChI is InChI=1S/C58H87N9O12/c1-39(2)45-33-42(13-9-10-18-61(5)19-12-20-62(6)51(68)35-63-21-23-64(36-52(69)70)25-27-66(38-54(73)74)28-26-65(24-22-63)37-53(71)72)16-17-47(45)67-48(55-49(78-7)14-11-15-50(55)79-8)34-46(60-67)56(75)59-58(57(76)77)41(4)31-43-29-40(3)30-44(58)32-43/h11,14-17,33-34,39-41,43-44H,9-10,12-13,18-32,35-38H2,1-8H3,(H,59,75)(H,69,70)(H,71,72)(H,73,74)(H,76,77). The van der Waals surface area contributed by atoms with Crippen molar-refractivity contribution in [3.05, 3.63) is 59.3 Å². The second kappa shape index (κ2) is 28.8. The minimum Gasteiger partial charge on any atom is -0.496 e. The molecule has 3 aromatic rings. The number of fused-ring (bicyclic) bond motifs is 2. The number of carbonyl (C=O) groups excluding carboxylic acids is 2. The molecule has 2 bridgehead atoms. The lowest BCUT2D eigenvalue weighted by atomic mass is 9.56. The van der Waals surface area contributed by atoms with Gasteiger partial charge in [0, 0.05) is 66.0 Å². The number of methoxy groups -OCH3 is 2. The van der Waals surface area contributed by atoms with Gasteiger partial charge in [0.25, 0.3) is 5.91 Å². The predicted octanol–water partition coefficient (Wildman–Crippen LogP) is 4.90. The number of amides is 2. The van der Waals surface area contributed by atoms with Crippen LogP contribution in [0.2, 0.25) is 0 Å². The number of rotatable bonds is 25. The molecular formula is C58H87N9O12. The van der Waals surface area contributed by atoms with Gasteiger partial charge < -0.3 is 45.0 Å². The molecule has 2 aliphatic carbocycles. The van der Waals surface area contributed by atoms with Gasteiger partial charge in [-0.25, -0.2) is 9.48 Å². The monoisotopic (exact) mass is 1100 g/mol. The number of benzene rings is 2. The number of aryl methyl sites for hydroxylation is 1. The van der Waals surface area contributed by atoms with E-state index < -0.39 is 35.3 Å². The third-order valence-electron chi connectivity index (χ3n) is 16.5. The van der Waals surface area contributed by atoms with Gasteiger partial charge in [-0.2, -0.15) is 5.10 Å². The van der Waals surface area contributed by atoms with Crippen LogP contribution in [0.25, 0.3) is 16.9 Å². The first kappa shape index (κ1) is 62.1. The quantitative estimate of drug-likeness (QED) is 0.0708. The normalized spacial score (nSPS) is 21.9. The molecule has 1 saturated heterocycles. The van der Waals surface area contributed by atoms with Gasteiger partial charge in [0.2, 0.25) is 5.91 Å². The highest BCUT2D eigenvalue weighted by atomic mass is 16.5. The SMILES string of the molecule is COc1cccc(OC)c1-c1cc(C(=O)NC2(C(=O)O)C(C)CC3CC(C)CC2C3)nn1-c1ccc(CCCCN(C)CCCN(C)C(=O)CN2CCN(CC(=O)O)CCN(CC(=O)O)CCN(CC(=O)O)CC2)cc1C(C)C. The number of ether oxygens (including phenoxy) is 2. The number of carboxylic acid groups (broad SMARTS) is 4. The molecule has 2 saturated carbocycles. The van der Waals surface area contributed by atoms with E-state index in [1.807, 2.05) is 36.1 Å². The van der Waals surface area contributed by atoms with Gasteiger partial charge in [-0.05, 0) is 136 Å². The van der Waals surface area contributed by atoms with Crippen molar-refractivity contribution in [3.63, 3.8) is 0 Å². The molecule has 2 heterocycles. The highest BCUT2D eigenvalue weighted by Gasteiger charge is 2.57. The second-order valence-corrected chi connectivity index (χ2v) is 22.8. The van der Waals surface area contributed by atoms with Crippen LogP contribution in [0.1, 0.15) is 100 Å². The summed E-state index contributed by atoms with van der Waals surface area (Å²) in [5, 5.41) is 47.6. The van der Waals surface area contributed by atoms with Crippen LogP contribution in [-0.4, -0.2) is 227 Å². The van der Waals surface area contributed by atoms with E-state index in [4.69, 9.17) is 14.6 Å². The number of aliphatic carboxylic acids is 4. The summed E-state index contributed by atoms with van der Waals surface area (Å²) in [7, 11) is 7.01. The van der Waals surface area contributed by atoms with Crippen molar-refractivity contribution in [1.82, 2.24) is 44.5 Å². The van der Waals surface area contributed by atoms with E-state index in [1.165, 1.54) is 0 Å². The molecule has 3 aliphatic rings. The Balaban J connectivity index is 1.07. The van der Waals surface area contributed by atoms with Crippen LogP contribution in [0.3, 0.4) is 0 Å². The molecule has 21 nitrogen and oxygen atoms in total. The van der Waals surface area contributed by atoms with Crippen LogP contribution < -0.4 is 14.8 Å². The van der Waals surface area contributed by atoms with E-state index in [-0.39, 0.29) is 55.5 Å². The summed E-state index contributed by atoms with van der Waals surface area (Å²) in [6.45, 7) is 12.6. The molecule has 0 radical (unpaired) electrons. The molecule has 6 rings (SSSR count). The van der Waals surface area contributed by atoms with Crippen LogP contribution in [0.4, 0.5) is 0 Å². The number of likely N-dealkylation sites (N-methyl/N-ethyl adjacent to an activating group) is 1. The minimum atomic E-state index is -1.42. The average Bonchev–Trinajstić information content (AvgIpc) is 3.99. The predicted molar refractivity (Wildman–Crippen MR) is 299 cm³/mol. The van der Waals surface area contributed by atoms with Crippen molar-refractivity contribution in [2.75, 3.05) is 126 Å². The van der Waals surface area contributed by atoms with Crippen molar-refractivity contribution in [3.8, 4) is 28.4 Å². The molecule has 1 aromatic heterocycles. The second-order valence-electron chi connectivity index (χ2n) is 22.8. The largest absolute Gasteiger partial charge is 0.496 e. The number of hydrogen-bond donors (Lipinski definition) is 5. The van der Waals surface area contributed by atoms with Gasteiger partial charge in [0.05, 0.1) is 57.3 Å². The molecule has 1 aliphatic heterocycles. The molecule has 0 spiro atoms. The Morgan fingerprint density at radius 1 is 0.696 bits per heavy atom. The van der Waals surface area contributed by atoms with Gasteiger partial charge in [0.1, 0.15) is 17.0 Å². The molecule has 3 fully saturated rings. The Bertz CT molecular complexity index is 2520. The van der Waals surface area contributed by atoms with Gasteiger partial charge in [-0.3, -0.25) is 43.6 Å². The first-order chi connectivity index (χ1) is 37.6. The molecule has 436 valence electrons. The maximum absolute atomic E-state index is 14.6. The number of nitrogens with one attached hydrogen (secondary N) is 1. The van der Waals surface area contributed by atoms with Crippen molar-refractivity contribution in [2.45, 2.75) is 90.5 Å². The number of aromatic nitrogens is 2. The van der Waals surface area contributed by atoms with E-state index in [0.29, 0.717) is 93.5 Å². The zero-order valence-electron chi connectivity index (χ0n) is 47.8. The lowest BCUT2D eigenvalue weighted by Gasteiger charge is -2.52. The van der Waals surface area contributed by atoms with E-state index in [0.717, 1.165) is 81.3 Å². The highest BCUT2D eigenvalue weighted by molar-refractivity contribution is 5.98. The molecule has 5 atom stereocenters. The smallest absolute Gasteiger partial charge is 0.329 e. The first-order valence-corrected chi connectivity index (χ1v) is 28.1. The lowest BCUT2D eigenvalue weighted by Crippen LogP contribution is -2.66. The summed E-state index contributed by atoms with van der Waals surface area (Å²) in [5.74, 6) is -3.17. The van der Waals surface area contributed by atoms with Crippen LogP contribution in [-0.2, 0) is 30.4 Å². The van der Waals surface area contributed by atoms with Gasteiger partial charge in [-0.1, -0.05) is 45.9 Å². The molecule has 21 heteroatoms. The van der Waals surface area contributed by atoms with Gasteiger partial charge >= 0.3 is 23.9 Å². The van der Waals surface area contributed by atoms with Crippen molar-refractivity contribution in [1.29, 1.82) is 0 Å². The van der Waals surface area contributed by atoms with Gasteiger partial charge in [-0.15, -0.1) is 0 Å². The Morgan fingerprint density at radius 3 is 1.76 bits per heavy atom. The summed E-state index contributed by atoms with van der Waals surface area (Å²) >= 11 is 0. The number of carboxylic acids is 4. The molecular weight excluding hydrogens is 1010 g/mol. The lowest BCUT2D eigenvalue weighted by molar-refractivity contribution is -0.155. The fourth-order valence-corrected chi connectivity index (χ4v) is 12.3. The Labute approximate surface area is 465 Å². The summed E-state index contributed by atoms with van der Waals surface area (Å²) in [6.07, 6.45) is 6.79. The molecule has 2 aromatic carbocycles. The van der Waals surface area contributed by atoms with Crippen molar-refractivity contribution >= 4 is 35.7 Å². The van der Waals surface area contributed by atoms with Crippen LogP contribution in [0.5, 0.6) is 11.5 Å². The summed E-state index contributed by atoms with van der Waals surface area (Å²) in [6, 6.07) is 13.6. The van der Waals surface area contributed by atoms with Crippen molar-refractivity contribution in [2.24, 2.45) is 23.7 Å². The molecule has 2 amide bonds. The fraction of sp³-hybridized carbons (Fsp3) is 0.638. The minimum absolute atomic E-state index is 0.0697. The maximum atomic E-state index is 14.6. The Hall–Kier alpha value is -6.13. The summed E-state index contributed by atoms with van der Waals surface area (Å²) in [5.41, 5.74) is 2.82. The zero-order valence-corrected chi connectivity index (χ0v) is 47.8. The van der Waals surface area contributed by atoms with E-state index in [2.05, 4.69) is 50.2 Å². The third-order valence-corrected chi connectivity index (χ3v) is 16.5. The summed E-state index contributed by atoms with van der Waals surface area (Å²) in [4.78, 5) is 87.6. The Morgan fingerprint density at radius 2 is 1.24 bits per heavy atom. The summed E-state index contributed by atoms with van der Waals surface area (Å²) < 4.78 is 13.5. The number of carbonyl (C=O) groups is 6. The third kappa shape index (κ3) is 16.7. The maximum Gasteiger partial charge on any atom is 0.329 e. The average molecular weight is 1100 g/mol.